The molecule has 2 N–H and O–H groups in total. The number of benzene rings is 1. The number of fused-ring (bicyclic) bond motifs is 3. The standard InChI is InChI=1S/C35H45N9O3/c1-46-30-20-26-9-15-43(14-5-12-36)35(29(26)21-31(30)47-2)10-7-25(8-11-35)34(45)42-18-16-41(17-19-42)32-28-22-40-44(33(28)39-24-38-32)23-27-6-3-4-13-37-27/h3-4,6,13,20-22,24-25H,5,7-12,14-19,23,36H2,1-2H3/t25-,35+. The first-order valence-corrected chi connectivity index (χ1v) is 16.9. The van der Waals surface area contributed by atoms with Gasteiger partial charge >= 0.3 is 0 Å². The zero-order valence-electron chi connectivity index (χ0n) is 27.5. The van der Waals surface area contributed by atoms with E-state index in [1.54, 1.807) is 26.7 Å². The molecule has 0 unspecified atom stereocenters. The van der Waals surface area contributed by atoms with Crippen LogP contribution in [0.3, 0.4) is 0 Å². The van der Waals surface area contributed by atoms with E-state index < -0.39 is 0 Å². The zero-order valence-corrected chi connectivity index (χ0v) is 27.5. The van der Waals surface area contributed by atoms with Crippen molar-refractivity contribution in [2.24, 2.45) is 11.7 Å². The summed E-state index contributed by atoms with van der Waals surface area (Å²) in [5.74, 6) is 2.73. The lowest BCUT2D eigenvalue weighted by Gasteiger charge is -2.52. The number of ether oxygens (including phenoxy) is 2. The number of nitrogens with zero attached hydrogens (tertiary/aromatic N) is 8. The minimum absolute atomic E-state index is 0.0321. The maximum atomic E-state index is 13.9. The summed E-state index contributed by atoms with van der Waals surface area (Å²) < 4.78 is 13.2. The van der Waals surface area contributed by atoms with Crippen molar-refractivity contribution in [1.82, 2.24) is 34.5 Å². The van der Waals surface area contributed by atoms with Gasteiger partial charge in [0.25, 0.3) is 0 Å². The monoisotopic (exact) mass is 639 g/mol. The van der Waals surface area contributed by atoms with Crippen molar-refractivity contribution < 1.29 is 14.3 Å². The van der Waals surface area contributed by atoms with Crippen molar-refractivity contribution in [3.63, 3.8) is 0 Å². The molecule has 47 heavy (non-hydrogen) atoms. The average Bonchev–Trinajstić information content (AvgIpc) is 3.54. The summed E-state index contributed by atoms with van der Waals surface area (Å²) in [5, 5.41) is 5.52. The van der Waals surface area contributed by atoms with Crippen LogP contribution in [0.4, 0.5) is 5.82 Å². The highest BCUT2D eigenvalue weighted by Gasteiger charge is 2.47. The third-order valence-electron chi connectivity index (χ3n) is 10.5. The summed E-state index contributed by atoms with van der Waals surface area (Å²) in [6.07, 6.45) is 10.8. The largest absolute Gasteiger partial charge is 0.493 e. The predicted molar refractivity (Wildman–Crippen MR) is 180 cm³/mol. The number of hydrogen-bond acceptors (Lipinski definition) is 10. The molecule has 1 saturated heterocycles. The van der Waals surface area contributed by atoms with E-state index in [1.807, 2.05) is 29.1 Å². The molecule has 0 radical (unpaired) electrons. The van der Waals surface area contributed by atoms with Crippen LogP contribution in [0.2, 0.25) is 0 Å². The van der Waals surface area contributed by atoms with E-state index in [0.29, 0.717) is 26.2 Å². The Kier molecular flexibility index (Phi) is 8.96. The third kappa shape index (κ3) is 5.89. The normalized spacial score (nSPS) is 21.6. The molecule has 3 aromatic heterocycles. The number of nitrogens with two attached hydrogens (primary N) is 1. The Morgan fingerprint density at radius 3 is 2.51 bits per heavy atom. The minimum Gasteiger partial charge on any atom is -0.493 e. The van der Waals surface area contributed by atoms with Gasteiger partial charge in [-0.1, -0.05) is 6.07 Å². The molecule has 0 atom stereocenters. The van der Waals surface area contributed by atoms with Gasteiger partial charge in [-0.15, -0.1) is 0 Å². The molecule has 3 aliphatic rings. The van der Waals surface area contributed by atoms with E-state index in [0.717, 1.165) is 98.7 Å². The van der Waals surface area contributed by atoms with Crippen LogP contribution in [0.25, 0.3) is 11.0 Å². The number of carbonyl (C=O) groups excluding carboxylic acids is 1. The van der Waals surface area contributed by atoms with Gasteiger partial charge in [0, 0.05) is 56.9 Å². The minimum atomic E-state index is -0.114. The maximum absolute atomic E-state index is 13.9. The van der Waals surface area contributed by atoms with Gasteiger partial charge in [0.2, 0.25) is 5.91 Å². The van der Waals surface area contributed by atoms with Gasteiger partial charge in [0.1, 0.15) is 12.1 Å². The van der Waals surface area contributed by atoms with Gasteiger partial charge in [0.15, 0.2) is 17.1 Å². The molecule has 1 spiro atoms. The molecule has 4 aromatic rings. The van der Waals surface area contributed by atoms with Crippen LogP contribution in [0.15, 0.2) is 49.1 Å². The second-order valence-corrected chi connectivity index (χ2v) is 12.9. The van der Waals surface area contributed by atoms with E-state index in [2.05, 4.69) is 46.9 Å². The lowest BCUT2D eigenvalue weighted by molar-refractivity contribution is -0.138. The van der Waals surface area contributed by atoms with Crippen LogP contribution in [-0.4, -0.2) is 100 Å². The van der Waals surface area contributed by atoms with Crippen LogP contribution in [0.5, 0.6) is 11.5 Å². The number of anilines is 1. The van der Waals surface area contributed by atoms with Crippen LogP contribution >= 0.6 is 0 Å². The molecule has 7 rings (SSSR count). The van der Waals surface area contributed by atoms with Crippen molar-refractivity contribution in [2.75, 3.05) is 64.9 Å². The summed E-state index contributed by atoms with van der Waals surface area (Å²) in [6, 6.07) is 10.2. The Balaban J connectivity index is 1.02. The number of methoxy groups -OCH3 is 2. The highest BCUT2D eigenvalue weighted by molar-refractivity contribution is 5.87. The molecule has 12 heteroatoms. The Labute approximate surface area is 275 Å². The average molecular weight is 640 g/mol. The van der Waals surface area contributed by atoms with Crippen LogP contribution in [-0.2, 0) is 23.3 Å². The molecule has 2 fully saturated rings. The number of carbonyl (C=O) groups is 1. The fourth-order valence-corrected chi connectivity index (χ4v) is 8.03. The second-order valence-electron chi connectivity index (χ2n) is 12.9. The number of piperazine rings is 1. The highest BCUT2D eigenvalue weighted by atomic mass is 16.5. The Hall–Kier alpha value is -4.29. The first-order chi connectivity index (χ1) is 23.0. The van der Waals surface area contributed by atoms with Gasteiger partial charge < -0.3 is 25.0 Å². The number of aromatic nitrogens is 5. The van der Waals surface area contributed by atoms with E-state index in [-0.39, 0.29) is 17.4 Å². The first-order valence-electron chi connectivity index (χ1n) is 16.9. The van der Waals surface area contributed by atoms with Crippen LogP contribution < -0.4 is 20.1 Å². The van der Waals surface area contributed by atoms with Crippen LogP contribution in [0.1, 0.15) is 48.9 Å². The number of pyridine rings is 1. The van der Waals surface area contributed by atoms with Crippen molar-refractivity contribution in [3.05, 3.63) is 65.9 Å². The summed E-state index contributed by atoms with van der Waals surface area (Å²) in [7, 11) is 3.39. The number of amides is 1. The summed E-state index contributed by atoms with van der Waals surface area (Å²) >= 11 is 0. The van der Waals surface area contributed by atoms with E-state index in [4.69, 9.17) is 15.2 Å². The lowest BCUT2D eigenvalue weighted by Crippen LogP contribution is -2.55. The second kappa shape index (κ2) is 13.4. The van der Waals surface area contributed by atoms with Gasteiger partial charge in [0.05, 0.1) is 38.0 Å². The van der Waals surface area contributed by atoms with Crippen molar-refractivity contribution in [1.29, 1.82) is 0 Å². The van der Waals surface area contributed by atoms with Crippen molar-refractivity contribution in [2.45, 2.75) is 50.6 Å². The molecule has 2 aliphatic heterocycles. The van der Waals surface area contributed by atoms with Gasteiger partial charge in [-0.25, -0.2) is 14.6 Å². The maximum Gasteiger partial charge on any atom is 0.225 e. The SMILES string of the molecule is COc1cc2c(cc1OC)[C@]1(CC[C@H](C(=O)N3CCN(c4ncnc5c4cnn5Cc4ccccn4)CC3)CC1)N(CCCN)CC2. The van der Waals surface area contributed by atoms with Crippen molar-refractivity contribution >= 4 is 22.8 Å². The van der Waals surface area contributed by atoms with E-state index in [1.165, 1.54) is 11.1 Å². The molecule has 5 heterocycles. The fourth-order valence-electron chi connectivity index (χ4n) is 8.03. The zero-order chi connectivity index (χ0) is 32.4. The number of hydrogen-bond donors (Lipinski definition) is 1. The van der Waals surface area contributed by atoms with Gasteiger partial charge in [-0.2, -0.15) is 5.10 Å². The Bertz CT molecular complexity index is 1700. The molecule has 1 amide bonds. The molecular formula is C35H45N9O3. The first kappa shape index (κ1) is 31.3. The van der Waals surface area contributed by atoms with Crippen molar-refractivity contribution in [3.8, 4) is 11.5 Å². The molecule has 1 aliphatic carbocycles. The molecular weight excluding hydrogens is 594 g/mol. The quantitative estimate of drug-likeness (QED) is 0.292. The van der Waals surface area contributed by atoms with E-state index in [9.17, 15) is 4.79 Å². The molecule has 12 nitrogen and oxygen atoms in total. The highest BCUT2D eigenvalue weighted by Crippen LogP contribution is 2.50. The molecule has 248 valence electrons. The topological polar surface area (TPSA) is 128 Å². The van der Waals surface area contributed by atoms with E-state index >= 15 is 0 Å². The Morgan fingerprint density at radius 1 is 1.00 bits per heavy atom. The summed E-state index contributed by atoms with van der Waals surface area (Å²) in [4.78, 5) is 34.5. The number of rotatable bonds is 9. The molecule has 1 aromatic carbocycles. The smallest absolute Gasteiger partial charge is 0.225 e. The predicted octanol–water partition coefficient (Wildman–Crippen LogP) is 3.23. The summed E-state index contributed by atoms with van der Waals surface area (Å²) in [6.45, 7) is 5.97. The lowest BCUT2D eigenvalue weighted by atomic mass is 9.68. The fraction of sp³-hybridized carbons (Fsp3) is 0.514. The van der Waals surface area contributed by atoms with Crippen LogP contribution in [0, 0.1) is 5.92 Å². The molecule has 1 saturated carbocycles. The molecule has 0 bridgehead atoms. The van der Waals surface area contributed by atoms with Gasteiger partial charge in [-0.3, -0.25) is 14.7 Å². The van der Waals surface area contributed by atoms with Gasteiger partial charge in [-0.05, 0) is 80.5 Å². The third-order valence-corrected chi connectivity index (χ3v) is 10.5. The Morgan fingerprint density at radius 2 is 1.79 bits per heavy atom. The summed E-state index contributed by atoms with van der Waals surface area (Å²) in [5.41, 5.74) is 10.2.